The predicted octanol–water partition coefficient (Wildman–Crippen LogP) is 0.975. The quantitative estimate of drug-likeness (QED) is 0.728. The van der Waals surface area contributed by atoms with Crippen LogP contribution in [0.25, 0.3) is 0 Å². The number of hydrogen-bond donors (Lipinski definition) is 2. The SMILES string of the molecule is CCCNC(=O)C(C)NCC1CCCCN1C. The molecule has 0 aromatic rings. The van der Waals surface area contributed by atoms with Crippen LogP contribution in [0.2, 0.25) is 0 Å². The Morgan fingerprint density at radius 3 is 2.88 bits per heavy atom. The van der Waals surface area contributed by atoms with Gasteiger partial charge in [0, 0.05) is 19.1 Å². The fourth-order valence-electron chi connectivity index (χ4n) is 2.21. The van der Waals surface area contributed by atoms with E-state index in [1.165, 1.54) is 25.8 Å². The van der Waals surface area contributed by atoms with Crippen molar-refractivity contribution in [3.63, 3.8) is 0 Å². The van der Waals surface area contributed by atoms with Gasteiger partial charge in [-0.15, -0.1) is 0 Å². The Balaban J connectivity index is 2.22. The maximum atomic E-state index is 11.7. The summed E-state index contributed by atoms with van der Waals surface area (Å²) in [6, 6.07) is 0.502. The Morgan fingerprint density at radius 1 is 1.47 bits per heavy atom. The van der Waals surface area contributed by atoms with Gasteiger partial charge < -0.3 is 15.5 Å². The van der Waals surface area contributed by atoms with Crippen LogP contribution in [-0.4, -0.2) is 49.6 Å². The van der Waals surface area contributed by atoms with Crippen LogP contribution in [0.4, 0.5) is 0 Å². The van der Waals surface area contributed by atoms with E-state index < -0.39 is 0 Å². The highest BCUT2D eigenvalue weighted by Gasteiger charge is 2.20. The summed E-state index contributed by atoms with van der Waals surface area (Å²) in [7, 11) is 2.17. The van der Waals surface area contributed by atoms with Gasteiger partial charge in [0.2, 0.25) is 5.91 Å². The lowest BCUT2D eigenvalue weighted by Crippen LogP contribution is -2.49. The maximum Gasteiger partial charge on any atom is 0.236 e. The minimum atomic E-state index is -0.0862. The second-order valence-electron chi connectivity index (χ2n) is 5.05. The molecule has 0 aromatic heterocycles. The lowest BCUT2D eigenvalue weighted by molar-refractivity contribution is -0.122. The molecule has 1 aliphatic rings. The van der Waals surface area contributed by atoms with Gasteiger partial charge in [-0.3, -0.25) is 4.79 Å². The highest BCUT2D eigenvalue weighted by atomic mass is 16.2. The van der Waals surface area contributed by atoms with Crippen molar-refractivity contribution in [1.82, 2.24) is 15.5 Å². The van der Waals surface area contributed by atoms with E-state index in [1.54, 1.807) is 0 Å². The molecule has 4 heteroatoms. The molecule has 0 radical (unpaired) electrons. The summed E-state index contributed by atoms with van der Waals surface area (Å²) in [6.07, 6.45) is 4.85. The van der Waals surface area contributed by atoms with E-state index in [-0.39, 0.29) is 11.9 Å². The molecular weight excluding hydrogens is 214 g/mol. The van der Waals surface area contributed by atoms with Crippen molar-refractivity contribution >= 4 is 5.91 Å². The molecule has 1 fully saturated rings. The van der Waals surface area contributed by atoms with Crippen LogP contribution >= 0.6 is 0 Å². The molecule has 1 saturated heterocycles. The molecule has 17 heavy (non-hydrogen) atoms. The molecule has 1 rings (SSSR count). The van der Waals surface area contributed by atoms with E-state index in [4.69, 9.17) is 0 Å². The zero-order valence-corrected chi connectivity index (χ0v) is 11.5. The van der Waals surface area contributed by atoms with Crippen molar-refractivity contribution in [3.05, 3.63) is 0 Å². The van der Waals surface area contributed by atoms with Gasteiger partial charge in [-0.05, 0) is 39.8 Å². The predicted molar refractivity (Wildman–Crippen MR) is 71.0 cm³/mol. The van der Waals surface area contributed by atoms with Crippen molar-refractivity contribution in [2.24, 2.45) is 0 Å². The van der Waals surface area contributed by atoms with Crippen LogP contribution in [0.3, 0.4) is 0 Å². The Bertz CT molecular complexity index is 233. The first kappa shape index (κ1) is 14.5. The molecule has 1 heterocycles. The number of likely N-dealkylation sites (N-methyl/N-ethyl adjacent to an activating group) is 1. The number of carbonyl (C=O) groups is 1. The number of likely N-dealkylation sites (tertiary alicyclic amines) is 1. The average molecular weight is 241 g/mol. The van der Waals surface area contributed by atoms with E-state index in [1.807, 2.05) is 6.92 Å². The molecule has 0 bridgehead atoms. The summed E-state index contributed by atoms with van der Waals surface area (Å²) in [4.78, 5) is 14.1. The van der Waals surface area contributed by atoms with E-state index in [9.17, 15) is 4.79 Å². The number of hydrogen-bond acceptors (Lipinski definition) is 3. The number of amides is 1. The van der Waals surface area contributed by atoms with Crippen LogP contribution in [0.5, 0.6) is 0 Å². The summed E-state index contributed by atoms with van der Waals surface area (Å²) in [5, 5.41) is 6.25. The summed E-state index contributed by atoms with van der Waals surface area (Å²) < 4.78 is 0. The van der Waals surface area contributed by atoms with Crippen molar-refractivity contribution < 1.29 is 4.79 Å². The molecule has 1 amide bonds. The van der Waals surface area contributed by atoms with Crippen LogP contribution in [0.1, 0.15) is 39.5 Å². The summed E-state index contributed by atoms with van der Waals surface area (Å²) in [6.45, 7) is 6.87. The standard InChI is InChI=1S/C13H27N3O/c1-4-8-14-13(17)11(2)15-10-12-7-5-6-9-16(12)3/h11-12,15H,4-10H2,1-3H3,(H,14,17). The summed E-state index contributed by atoms with van der Waals surface area (Å²) >= 11 is 0. The van der Waals surface area contributed by atoms with Gasteiger partial charge in [-0.25, -0.2) is 0 Å². The molecule has 2 atom stereocenters. The molecular formula is C13H27N3O. The Morgan fingerprint density at radius 2 is 2.24 bits per heavy atom. The number of piperidine rings is 1. The van der Waals surface area contributed by atoms with Gasteiger partial charge in [0.05, 0.1) is 6.04 Å². The van der Waals surface area contributed by atoms with Crippen molar-refractivity contribution in [3.8, 4) is 0 Å². The molecule has 1 aliphatic heterocycles. The Labute approximate surface area is 105 Å². The van der Waals surface area contributed by atoms with Crippen LogP contribution in [0, 0.1) is 0 Å². The number of nitrogens with one attached hydrogen (secondary N) is 2. The summed E-state index contributed by atoms with van der Waals surface area (Å²) in [5.74, 6) is 0.116. The second kappa shape index (κ2) is 7.67. The largest absolute Gasteiger partial charge is 0.355 e. The smallest absolute Gasteiger partial charge is 0.236 e. The first-order chi connectivity index (χ1) is 8.15. The van der Waals surface area contributed by atoms with E-state index in [0.29, 0.717) is 6.04 Å². The minimum absolute atomic E-state index is 0.0862. The zero-order chi connectivity index (χ0) is 12.7. The second-order valence-corrected chi connectivity index (χ2v) is 5.05. The first-order valence-electron chi connectivity index (χ1n) is 6.86. The molecule has 0 aliphatic carbocycles. The van der Waals surface area contributed by atoms with Gasteiger partial charge in [0.15, 0.2) is 0 Å². The molecule has 2 N–H and O–H groups in total. The minimum Gasteiger partial charge on any atom is -0.355 e. The third-order valence-corrected chi connectivity index (χ3v) is 3.52. The van der Waals surface area contributed by atoms with E-state index in [0.717, 1.165) is 19.5 Å². The highest BCUT2D eigenvalue weighted by molar-refractivity contribution is 5.81. The fourth-order valence-corrected chi connectivity index (χ4v) is 2.21. The molecule has 0 saturated carbocycles. The van der Waals surface area contributed by atoms with Gasteiger partial charge in [0.1, 0.15) is 0 Å². The zero-order valence-electron chi connectivity index (χ0n) is 11.5. The molecule has 2 unspecified atom stereocenters. The third-order valence-electron chi connectivity index (χ3n) is 3.52. The molecule has 0 aromatic carbocycles. The lowest BCUT2D eigenvalue weighted by Gasteiger charge is -2.33. The van der Waals surface area contributed by atoms with E-state index in [2.05, 4.69) is 29.5 Å². The molecule has 0 spiro atoms. The van der Waals surface area contributed by atoms with Crippen LogP contribution < -0.4 is 10.6 Å². The van der Waals surface area contributed by atoms with Crippen molar-refractivity contribution in [1.29, 1.82) is 0 Å². The Hall–Kier alpha value is -0.610. The number of carbonyl (C=O) groups excluding carboxylic acids is 1. The first-order valence-corrected chi connectivity index (χ1v) is 6.86. The van der Waals surface area contributed by atoms with Gasteiger partial charge >= 0.3 is 0 Å². The van der Waals surface area contributed by atoms with E-state index >= 15 is 0 Å². The highest BCUT2D eigenvalue weighted by Crippen LogP contribution is 2.14. The molecule has 100 valence electrons. The van der Waals surface area contributed by atoms with Gasteiger partial charge in [-0.2, -0.15) is 0 Å². The fraction of sp³-hybridized carbons (Fsp3) is 0.923. The van der Waals surface area contributed by atoms with Crippen LogP contribution in [-0.2, 0) is 4.79 Å². The average Bonchev–Trinajstić information content (AvgIpc) is 2.34. The maximum absolute atomic E-state index is 11.7. The monoisotopic (exact) mass is 241 g/mol. The Kier molecular flexibility index (Phi) is 6.52. The number of nitrogens with zero attached hydrogens (tertiary/aromatic N) is 1. The van der Waals surface area contributed by atoms with Crippen molar-refractivity contribution in [2.45, 2.75) is 51.6 Å². The lowest BCUT2D eigenvalue weighted by atomic mass is 10.0. The van der Waals surface area contributed by atoms with Gasteiger partial charge in [-0.1, -0.05) is 13.3 Å². The molecule has 4 nitrogen and oxygen atoms in total. The topological polar surface area (TPSA) is 44.4 Å². The van der Waals surface area contributed by atoms with Gasteiger partial charge in [0.25, 0.3) is 0 Å². The summed E-state index contributed by atoms with van der Waals surface area (Å²) in [5.41, 5.74) is 0. The normalized spacial score (nSPS) is 23.4. The van der Waals surface area contributed by atoms with Crippen molar-refractivity contribution in [2.75, 3.05) is 26.7 Å². The number of rotatable bonds is 6. The third kappa shape index (κ3) is 5.04. The van der Waals surface area contributed by atoms with Crippen LogP contribution in [0.15, 0.2) is 0 Å².